The number of rotatable bonds is 10. The molecule has 2 N–H and O–H groups in total. The van der Waals surface area contributed by atoms with Crippen LogP contribution in [0.1, 0.15) is 18.7 Å². The fourth-order valence-electron chi connectivity index (χ4n) is 2.64. The van der Waals surface area contributed by atoms with Crippen molar-refractivity contribution in [3.8, 4) is 0 Å². The van der Waals surface area contributed by atoms with Crippen molar-refractivity contribution in [2.75, 3.05) is 25.1 Å². The average molecular weight is 440 g/mol. The maximum Gasteiger partial charge on any atom is 0.278 e. The van der Waals surface area contributed by atoms with Crippen molar-refractivity contribution < 1.29 is 14.3 Å². The number of nitrogens with one attached hydrogen (secondary N) is 2. The number of aromatic amines is 1. The molecule has 2 aromatic heterocycles. The smallest absolute Gasteiger partial charge is 0.278 e. The van der Waals surface area contributed by atoms with Crippen LogP contribution in [0.5, 0.6) is 0 Å². The molecule has 11 heteroatoms. The molecule has 9 nitrogen and oxygen atoms in total. The SMILES string of the molecule is CC(OCCOCC=O)n1ncc2nc(NCc3ccc(Cl)c(Cl)c3)[nH]c(=O)c21. The summed E-state index contributed by atoms with van der Waals surface area (Å²) in [6.07, 6.45) is 1.66. The highest BCUT2D eigenvalue weighted by Gasteiger charge is 2.15. The number of hydrogen-bond donors (Lipinski definition) is 2. The molecule has 2 heterocycles. The van der Waals surface area contributed by atoms with E-state index in [9.17, 15) is 9.59 Å². The number of benzene rings is 1. The third kappa shape index (κ3) is 5.33. The van der Waals surface area contributed by atoms with E-state index in [2.05, 4.69) is 20.4 Å². The first-order valence-corrected chi connectivity index (χ1v) is 9.53. The Kier molecular flexibility index (Phi) is 7.21. The highest BCUT2D eigenvalue weighted by molar-refractivity contribution is 6.42. The van der Waals surface area contributed by atoms with Gasteiger partial charge in [0.25, 0.3) is 5.56 Å². The highest BCUT2D eigenvalue weighted by Crippen LogP contribution is 2.23. The van der Waals surface area contributed by atoms with Gasteiger partial charge in [0.05, 0.1) is 29.5 Å². The van der Waals surface area contributed by atoms with Gasteiger partial charge in [-0.3, -0.25) is 9.78 Å². The predicted molar refractivity (Wildman–Crippen MR) is 109 cm³/mol. The zero-order chi connectivity index (χ0) is 20.8. The average Bonchev–Trinajstić information content (AvgIpc) is 3.13. The molecule has 3 aromatic rings. The van der Waals surface area contributed by atoms with E-state index in [-0.39, 0.29) is 25.4 Å². The number of H-pyrrole nitrogens is 1. The van der Waals surface area contributed by atoms with Crippen molar-refractivity contribution in [3.05, 3.63) is 50.4 Å². The minimum Gasteiger partial charge on any atom is -0.372 e. The van der Waals surface area contributed by atoms with Crippen LogP contribution < -0.4 is 10.9 Å². The van der Waals surface area contributed by atoms with Crippen molar-refractivity contribution in [1.82, 2.24) is 19.7 Å². The fourth-order valence-corrected chi connectivity index (χ4v) is 2.97. The van der Waals surface area contributed by atoms with Gasteiger partial charge in [-0.15, -0.1) is 0 Å². The maximum atomic E-state index is 12.6. The molecule has 1 atom stereocenters. The largest absolute Gasteiger partial charge is 0.372 e. The Balaban J connectivity index is 1.69. The van der Waals surface area contributed by atoms with E-state index in [4.69, 9.17) is 32.7 Å². The lowest BCUT2D eigenvalue weighted by Crippen LogP contribution is -2.20. The minimum absolute atomic E-state index is 0.0179. The van der Waals surface area contributed by atoms with E-state index in [1.54, 1.807) is 19.1 Å². The fraction of sp³-hybridized carbons (Fsp3) is 0.333. The highest BCUT2D eigenvalue weighted by atomic mass is 35.5. The Bertz CT molecular complexity index is 1050. The van der Waals surface area contributed by atoms with Gasteiger partial charge < -0.3 is 19.6 Å². The van der Waals surface area contributed by atoms with Crippen molar-refractivity contribution in [3.63, 3.8) is 0 Å². The van der Waals surface area contributed by atoms with Gasteiger partial charge in [-0.25, -0.2) is 9.67 Å². The first-order chi connectivity index (χ1) is 14.0. The van der Waals surface area contributed by atoms with Gasteiger partial charge in [0.15, 0.2) is 5.52 Å². The lowest BCUT2D eigenvalue weighted by molar-refractivity contribution is -0.112. The second kappa shape index (κ2) is 9.84. The van der Waals surface area contributed by atoms with Crippen molar-refractivity contribution >= 4 is 46.5 Å². The Morgan fingerprint density at radius 2 is 2.14 bits per heavy atom. The molecule has 0 spiro atoms. The molecule has 0 saturated carbocycles. The van der Waals surface area contributed by atoms with Crippen LogP contribution >= 0.6 is 23.2 Å². The van der Waals surface area contributed by atoms with Crippen molar-refractivity contribution in [2.45, 2.75) is 19.7 Å². The van der Waals surface area contributed by atoms with Crippen molar-refractivity contribution in [1.29, 1.82) is 0 Å². The summed E-state index contributed by atoms with van der Waals surface area (Å²) in [6, 6.07) is 5.27. The summed E-state index contributed by atoms with van der Waals surface area (Å²) < 4.78 is 12.1. The van der Waals surface area contributed by atoms with E-state index >= 15 is 0 Å². The quantitative estimate of drug-likeness (QED) is 0.368. The molecule has 0 aliphatic heterocycles. The Labute approximate surface area is 175 Å². The molecule has 3 rings (SSSR count). The van der Waals surface area contributed by atoms with Crippen LogP contribution in [0.15, 0.2) is 29.2 Å². The monoisotopic (exact) mass is 439 g/mol. The maximum absolute atomic E-state index is 12.6. The number of carbonyl (C=O) groups is 1. The lowest BCUT2D eigenvalue weighted by Gasteiger charge is -2.14. The lowest BCUT2D eigenvalue weighted by atomic mass is 10.2. The van der Waals surface area contributed by atoms with E-state index < -0.39 is 6.23 Å². The number of hydrogen-bond acceptors (Lipinski definition) is 7. The third-order valence-electron chi connectivity index (χ3n) is 4.02. The van der Waals surface area contributed by atoms with Crippen LogP contribution in [-0.4, -0.2) is 45.9 Å². The van der Waals surface area contributed by atoms with Gasteiger partial charge >= 0.3 is 0 Å². The number of ether oxygens (including phenoxy) is 2. The molecule has 0 aliphatic rings. The molecule has 0 bridgehead atoms. The van der Waals surface area contributed by atoms with E-state index in [1.165, 1.54) is 10.9 Å². The van der Waals surface area contributed by atoms with Gasteiger partial charge in [-0.1, -0.05) is 29.3 Å². The first kappa shape index (κ1) is 21.3. The summed E-state index contributed by atoms with van der Waals surface area (Å²) in [7, 11) is 0. The number of nitrogens with zero attached hydrogens (tertiary/aromatic N) is 3. The summed E-state index contributed by atoms with van der Waals surface area (Å²) in [5.41, 5.74) is 1.26. The van der Waals surface area contributed by atoms with Gasteiger partial charge in [0.1, 0.15) is 24.6 Å². The van der Waals surface area contributed by atoms with Gasteiger partial charge in [0.2, 0.25) is 5.95 Å². The summed E-state index contributed by atoms with van der Waals surface area (Å²) in [6.45, 7) is 2.69. The Morgan fingerprint density at radius 3 is 2.90 bits per heavy atom. The Morgan fingerprint density at radius 1 is 1.31 bits per heavy atom. The van der Waals surface area contributed by atoms with E-state index in [0.29, 0.717) is 39.9 Å². The van der Waals surface area contributed by atoms with Crippen LogP contribution in [0.2, 0.25) is 10.0 Å². The standard InChI is InChI=1S/C18H19Cl2N5O4/c1-11(29-7-6-28-5-4-26)25-16-15(10-22-25)23-18(24-17(16)27)21-9-12-2-3-13(19)14(20)8-12/h2-4,8,10-11H,5-7,9H2,1H3,(H2,21,23,24,27). The molecular weight excluding hydrogens is 421 g/mol. The number of anilines is 1. The molecule has 0 radical (unpaired) electrons. The molecule has 29 heavy (non-hydrogen) atoms. The number of halogens is 2. The van der Waals surface area contributed by atoms with E-state index in [1.807, 2.05) is 6.07 Å². The number of carbonyl (C=O) groups excluding carboxylic acids is 1. The molecule has 1 unspecified atom stereocenters. The Hall–Kier alpha value is -2.46. The van der Waals surface area contributed by atoms with Crippen LogP contribution in [0.3, 0.4) is 0 Å². The van der Waals surface area contributed by atoms with Crippen LogP contribution in [0, 0.1) is 0 Å². The summed E-state index contributed by atoms with van der Waals surface area (Å²) in [4.78, 5) is 29.9. The molecule has 0 aliphatic carbocycles. The van der Waals surface area contributed by atoms with Crippen LogP contribution in [-0.2, 0) is 20.8 Å². The second-order valence-corrected chi connectivity index (χ2v) is 6.87. The molecule has 1 aromatic carbocycles. The zero-order valence-electron chi connectivity index (χ0n) is 15.5. The zero-order valence-corrected chi connectivity index (χ0v) is 17.0. The second-order valence-electron chi connectivity index (χ2n) is 6.05. The number of aldehydes is 1. The van der Waals surface area contributed by atoms with Gasteiger partial charge in [-0.2, -0.15) is 5.10 Å². The number of fused-ring (bicyclic) bond motifs is 1. The van der Waals surface area contributed by atoms with E-state index in [0.717, 1.165) is 5.56 Å². The predicted octanol–water partition coefficient (Wildman–Crippen LogP) is 2.79. The topological polar surface area (TPSA) is 111 Å². The normalized spacial score (nSPS) is 12.2. The summed E-state index contributed by atoms with van der Waals surface area (Å²) in [5.74, 6) is 0.309. The molecule has 0 saturated heterocycles. The summed E-state index contributed by atoms with van der Waals surface area (Å²) in [5, 5.41) is 8.18. The van der Waals surface area contributed by atoms with Crippen LogP contribution in [0.4, 0.5) is 5.95 Å². The van der Waals surface area contributed by atoms with Crippen LogP contribution in [0.25, 0.3) is 11.0 Å². The van der Waals surface area contributed by atoms with Gasteiger partial charge in [0, 0.05) is 6.54 Å². The third-order valence-corrected chi connectivity index (χ3v) is 4.76. The minimum atomic E-state index is -0.509. The molecule has 0 amide bonds. The first-order valence-electron chi connectivity index (χ1n) is 8.78. The van der Waals surface area contributed by atoms with Gasteiger partial charge in [-0.05, 0) is 24.6 Å². The molecular formula is C18H19Cl2N5O4. The number of aromatic nitrogens is 4. The summed E-state index contributed by atoms with van der Waals surface area (Å²) >= 11 is 11.9. The van der Waals surface area contributed by atoms with Crippen molar-refractivity contribution in [2.24, 2.45) is 0 Å². The molecule has 0 fully saturated rings. The molecule has 154 valence electrons.